The Balaban J connectivity index is 2.15. The standard InChI is InChI=1S/C12H12N2OS/c1-8-6-7-16-12(8)14-11(15)9-2-4-10(13)5-3-9/h2-7H,13H2,1H3,(H,14,15). The minimum Gasteiger partial charge on any atom is -0.399 e. The van der Waals surface area contributed by atoms with Crippen LogP contribution in [0.15, 0.2) is 35.7 Å². The predicted molar refractivity (Wildman–Crippen MR) is 67.9 cm³/mol. The fourth-order valence-corrected chi connectivity index (χ4v) is 2.12. The van der Waals surface area contributed by atoms with E-state index in [0.29, 0.717) is 11.3 Å². The SMILES string of the molecule is Cc1ccsc1NC(=O)c1ccc(N)cc1. The predicted octanol–water partition coefficient (Wildman–Crippen LogP) is 2.89. The summed E-state index contributed by atoms with van der Waals surface area (Å²) in [4.78, 5) is 11.8. The number of amides is 1. The minimum absolute atomic E-state index is 0.106. The molecular formula is C12H12N2OS. The molecule has 3 nitrogen and oxygen atoms in total. The number of carbonyl (C=O) groups excluding carboxylic acids is 1. The Hall–Kier alpha value is -1.81. The largest absolute Gasteiger partial charge is 0.399 e. The number of nitrogen functional groups attached to an aromatic ring is 1. The lowest BCUT2D eigenvalue weighted by Crippen LogP contribution is -2.11. The van der Waals surface area contributed by atoms with Gasteiger partial charge in [-0.2, -0.15) is 0 Å². The molecule has 3 N–H and O–H groups in total. The molecule has 1 heterocycles. The third kappa shape index (κ3) is 2.23. The second-order valence-corrected chi connectivity index (χ2v) is 4.42. The molecule has 4 heteroatoms. The molecule has 2 aromatic rings. The number of anilines is 2. The maximum Gasteiger partial charge on any atom is 0.256 e. The van der Waals surface area contributed by atoms with E-state index in [9.17, 15) is 4.79 Å². The first-order valence-corrected chi connectivity index (χ1v) is 5.76. The van der Waals surface area contributed by atoms with Crippen LogP contribution in [0.25, 0.3) is 0 Å². The Morgan fingerprint density at radius 2 is 1.94 bits per heavy atom. The van der Waals surface area contributed by atoms with E-state index >= 15 is 0 Å². The molecule has 0 unspecified atom stereocenters. The summed E-state index contributed by atoms with van der Waals surface area (Å²) in [6.07, 6.45) is 0. The molecule has 0 aliphatic rings. The number of carbonyl (C=O) groups is 1. The zero-order valence-electron chi connectivity index (χ0n) is 8.86. The van der Waals surface area contributed by atoms with Gasteiger partial charge in [-0.05, 0) is 48.2 Å². The molecule has 0 bridgehead atoms. The smallest absolute Gasteiger partial charge is 0.256 e. The molecule has 0 radical (unpaired) electrons. The van der Waals surface area contributed by atoms with Crippen molar-refractivity contribution in [3.05, 3.63) is 46.8 Å². The van der Waals surface area contributed by atoms with Crippen molar-refractivity contribution in [3.63, 3.8) is 0 Å². The van der Waals surface area contributed by atoms with Crippen LogP contribution in [0.3, 0.4) is 0 Å². The number of hydrogen-bond acceptors (Lipinski definition) is 3. The molecule has 0 saturated heterocycles. The quantitative estimate of drug-likeness (QED) is 0.782. The second kappa shape index (κ2) is 4.37. The van der Waals surface area contributed by atoms with Gasteiger partial charge in [0.25, 0.3) is 5.91 Å². The van der Waals surface area contributed by atoms with Crippen LogP contribution in [-0.4, -0.2) is 5.91 Å². The molecular weight excluding hydrogens is 220 g/mol. The highest BCUT2D eigenvalue weighted by atomic mass is 32.1. The summed E-state index contributed by atoms with van der Waals surface area (Å²) >= 11 is 1.52. The van der Waals surface area contributed by atoms with Gasteiger partial charge in [0.15, 0.2) is 0 Å². The van der Waals surface area contributed by atoms with Crippen LogP contribution >= 0.6 is 11.3 Å². The number of benzene rings is 1. The first kappa shape index (κ1) is 10.7. The summed E-state index contributed by atoms with van der Waals surface area (Å²) in [6.45, 7) is 1.97. The van der Waals surface area contributed by atoms with E-state index in [4.69, 9.17) is 5.73 Å². The van der Waals surface area contributed by atoms with Gasteiger partial charge in [0.2, 0.25) is 0 Å². The Bertz CT molecular complexity index is 502. The number of nitrogens with two attached hydrogens (primary N) is 1. The van der Waals surface area contributed by atoms with Gasteiger partial charge in [-0.25, -0.2) is 0 Å². The lowest BCUT2D eigenvalue weighted by atomic mass is 10.2. The van der Waals surface area contributed by atoms with E-state index in [0.717, 1.165) is 10.6 Å². The Morgan fingerprint density at radius 3 is 2.50 bits per heavy atom. The van der Waals surface area contributed by atoms with Crippen LogP contribution in [0, 0.1) is 6.92 Å². The molecule has 0 spiro atoms. The molecule has 0 saturated carbocycles. The first-order chi connectivity index (χ1) is 7.66. The molecule has 82 valence electrons. The summed E-state index contributed by atoms with van der Waals surface area (Å²) in [7, 11) is 0. The van der Waals surface area contributed by atoms with Crippen molar-refractivity contribution in [2.75, 3.05) is 11.1 Å². The minimum atomic E-state index is -0.106. The molecule has 2 rings (SSSR count). The number of aryl methyl sites for hydroxylation is 1. The molecule has 0 aliphatic heterocycles. The highest BCUT2D eigenvalue weighted by Gasteiger charge is 2.07. The van der Waals surface area contributed by atoms with E-state index in [1.54, 1.807) is 24.3 Å². The number of nitrogens with one attached hydrogen (secondary N) is 1. The van der Waals surface area contributed by atoms with Crippen molar-refractivity contribution in [3.8, 4) is 0 Å². The van der Waals surface area contributed by atoms with Crippen molar-refractivity contribution in [1.29, 1.82) is 0 Å². The molecule has 0 atom stereocenters. The summed E-state index contributed by atoms with van der Waals surface area (Å²) in [5, 5.41) is 5.71. The molecule has 0 fully saturated rings. The highest BCUT2D eigenvalue weighted by Crippen LogP contribution is 2.22. The van der Waals surface area contributed by atoms with Gasteiger partial charge in [-0.15, -0.1) is 11.3 Å². The zero-order valence-corrected chi connectivity index (χ0v) is 9.67. The molecule has 1 aromatic heterocycles. The van der Waals surface area contributed by atoms with Crippen molar-refractivity contribution >= 4 is 27.9 Å². The molecule has 1 aromatic carbocycles. The Labute approximate surface area is 97.9 Å². The van der Waals surface area contributed by atoms with Crippen LogP contribution < -0.4 is 11.1 Å². The summed E-state index contributed by atoms with van der Waals surface area (Å²) < 4.78 is 0. The third-order valence-corrected chi connectivity index (χ3v) is 3.19. The van der Waals surface area contributed by atoms with E-state index in [2.05, 4.69) is 5.32 Å². The molecule has 0 aliphatic carbocycles. The van der Waals surface area contributed by atoms with Crippen LogP contribution in [0.4, 0.5) is 10.7 Å². The summed E-state index contributed by atoms with van der Waals surface area (Å²) in [6, 6.07) is 8.84. The van der Waals surface area contributed by atoms with Crippen molar-refractivity contribution in [2.24, 2.45) is 0 Å². The Kier molecular flexibility index (Phi) is 2.92. The number of thiophene rings is 1. The first-order valence-electron chi connectivity index (χ1n) is 4.88. The fraction of sp³-hybridized carbons (Fsp3) is 0.0833. The van der Waals surface area contributed by atoms with Crippen molar-refractivity contribution < 1.29 is 4.79 Å². The van der Waals surface area contributed by atoms with Crippen molar-refractivity contribution in [1.82, 2.24) is 0 Å². The highest BCUT2D eigenvalue weighted by molar-refractivity contribution is 7.14. The fourth-order valence-electron chi connectivity index (χ4n) is 1.31. The van der Waals surface area contributed by atoms with Crippen molar-refractivity contribution in [2.45, 2.75) is 6.92 Å². The van der Waals surface area contributed by atoms with Gasteiger partial charge in [-0.3, -0.25) is 4.79 Å². The zero-order chi connectivity index (χ0) is 11.5. The lowest BCUT2D eigenvalue weighted by Gasteiger charge is -2.04. The van der Waals surface area contributed by atoms with Crippen LogP contribution in [0.2, 0.25) is 0 Å². The Morgan fingerprint density at radius 1 is 1.25 bits per heavy atom. The molecule has 16 heavy (non-hydrogen) atoms. The topological polar surface area (TPSA) is 55.1 Å². The average molecular weight is 232 g/mol. The van der Waals surface area contributed by atoms with Gasteiger partial charge >= 0.3 is 0 Å². The lowest BCUT2D eigenvalue weighted by molar-refractivity contribution is 0.102. The number of hydrogen-bond donors (Lipinski definition) is 2. The van der Waals surface area contributed by atoms with Gasteiger partial charge in [0, 0.05) is 11.3 Å². The third-order valence-electron chi connectivity index (χ3n) is 2.26. The summed E-state index contributed by atoms with van der Waals surface area (Å²) in [5.41, 5.74) is 7.90. The molecule has 1 amide bonds. The average Bonchev–Trinajstić information content (AvgIpc) is 2.65. The normalized spacial score (nSPS) is 10.1. The van der Waals surface area contributed by atoms with Gasteiger partial charge in [0.1, 0.15) is 0 Å². The monoisotopic (exact) mass is 232 g/mol. The van der Waals surface area contributed by atoms with E-state index < -0.39 is 0 Å². The van der Waals surface area contributed by atoms with Gasteiger partial charge in [-0.1, -0.05) is 0 Å². The van der Waals surface area contributed by atoms with Crippen LogP contribution in [-0.2, 0) is 0 Å². The second-order valence-electron chi connectivity index (χ2n) is 3.51. The maximum atomic E-state index is 11.8. The number of rotatable bonds is 2. The van der Waals surface area contributed by atoms with E-state index in [1.165, 1.54) is 11.3 Å². The summed E-state index contributed by atoms with van der Waals surface area (Å²) in [5.74, 6) is -0.106. The van der Waals surface area contributed by atoms with Gasteiger partial charge in [0.05, 0.1) is 5.00 Å². The van der Waals surface area contributed by atoms with E-state index in [1.807, 2.05) is 18.4 Å². The maximum absolute atomic E-state index is 11.8. The van der Waals surface area contributed by atoms with Crippen LogP contribution in [0.1, 0.15) is 15.9 Å². The van der Waals surface area contributed by atoms with E-state index in [-0.39, 0.29) is 5.91 Å². The van der Waals surface area contributed by atoms with Crippen LogP contribution in [0.5, 0.6) is 0 Å². The van der Waals surface area contributed by atoms with Gasteiger partial charge < -0.3 is 11.1 Å².